The maximum Gasteiger partial charge on any atom is 0.337 e. The second-order valence-electron chi connectivity index (χ2n) is 5.66. The minimum Gasteiger partial charge on any atom is -0.465 e. The van der Waals surface area contributed by atoms with Crippen LogP contribution >= 0.6 is 0 Å². The van der Waals surface area contributed by atoms with Crippen molar-refractivity contribution < 1.29 is 22.7 Å². The Balaban J connectivity index is 2.00. The van der Waals surface area contributed by atoms with E-state index in [2.05, 4.69) is 10.1 Å². The third kappa shape index (κ3) is 4.33. The molecule has 2 rings (SSSR count). The van der Waals surface area contributed by atoms with Gasteiger partial charge < -0.3 is 10.1 Å². The molecule has 1 fully saturated rings. The smallest absolute Gasteiger partial charge is 0.337 e. The number of esters is 1. The summed E-state index contributed by atoms with van der Waals surface area (Å²) >= 11 is 0. The maximum atomic E-state index is 12.4. The summed E-state index contributed by atoms with van der Waals surface area (Å²) in [5, 5.41) is 2.77. The van der Waals surface area contributed by atoms with Gasteiger partial charge in [-0.25, -0.2) is 17.5 Å². The Bertz CT molecular complexity index is 700. The molecular formula is C16H22N2O5S. The molecular weight excluding hydrogens is 332 g/mol. The van der Waals surface area contributed by atoms with E-state index >= 15 is 0 Å². The molecule has 1 aliphatic rings. The Morgan fingerprint density at radius 2 is 1.96 bits per heavy atom. The summed E-state index contributed by atoms with van der Waals surface area (Å²) in [5.74, 6) is -0.992. The first-order chi connectivity index (χ1) is 11.4. The quantitative estimate of drug-likeness (QED) is 0.809. The van der Waals surface area contributed by atoms with E-state index in [-0.39, 0.29) is 24.1 Å². The van der Waals surface area contributed by atoms with Crippen LogP contribution in [0.25, 0.3) is 0 Å². The van der Waals surface area contributed by atoms with E-state index in [1.807, 2.05) is 0 Å². The van der Waals surface area contributed by atoms with E-state index in [4.69, 9.17) is 0 Å². The van der Waals surface area contributed by atoms with Gasteiger partial charge in [0.05, 0.1) is 24.3 Å². The van der Waals surface area contributed by atoms with Crippen LogP contribution < -0.4 is 5.32 Å². The Morgan fingerprint density at radius 1 is 1.29 bits per heavy atom. The van der Waals surface area contributed by atoms with Crippen molar-refractivity contribution in [3.05, 3.63) is 29.8 Å². The van der Waals surface area contributed by atoms with Crippen molar-refractivity contribution in [1.29, 1.82) is 0 Å². The lowest BCUT2D eigenvalue weighted by Crippen LogP contribution is -2.44. The average molecular weight is 354 g/mol. The van der Waals surface area contributed by atoms with Gasteiger partial charge in [-0.1, -0.05) is 0 Å². The number of hydrogen-bond donors (Lipinski definition) is 1. The monoisotopic (exact) mass is 354 g/mol. The second kappa shape index (κ2) is 7.76. The molecule has 132 valence electrons. The van der Waals surface area contributed by atoms with Crippen molar-refractivity contribution in [3.63, 3.8) is 0 Å². The van der Waals surface area contributed by atoms with Gasteiger partial charge in [0.25, 0.3) is 0 Å². The molecule has 0 aliphatic carbocycles. The zero-order chi connectivity index (χ0) is 17.7. The summed E-state index contributed by atoms with van der Waals surface area (Å²) in [5.41, 5.74) is 0.955. The second-order valence-corrected chi connectivity index (χ2v) is 7.91. The topological polar surface area (TPSA) is 92.8 Å². The van der Waals surface area contributed by atoms with E-state index in [9.17, 15) is 18.0 Å². The van der Waals surface area contributed by atoms with Crippen molar-refractivity contribution in [2.75, 3.05) is 31.3 Å². The minimum absolute atomic E-state index is 0.0380. The molecule has 1 heterocycles. The summed E-state index contributed by atoms with van der Waals surface area (Å²) in [7, 11) is -1.97. The van der Waals surface area contributed by atoms with Crippen LogP contribution in [-0.4, -0.2) is 50.6 Å². The van der Waals surface area contributed by atoms with Crippen LogP contribution in [0.3, 0.4) is 0 Å². The highest BCUT2D eigenvalue weighted by atomic mass is 32.2. The number of anilines is 1. The van der Waals surface area contributed by atoms with Gasteiger partial charge in [-0.2, -0.15) is 0 Å². The van der Waals surface area contributed by atoms with Gasteiger partial charge in [0.15, 0.2) is 0 Å². The normalized spacial score (nSPS) is 18.8. The molecule has 0 bridgehead atoms. The minimum atomic E-state index is -3.28. The predicted molar refractivity (Wildman–Crippen MR) is 90.2 cm³/mol. The van der Waals surface area contributed by atoms with Crippen LogP contribution in [0.4, 0.5) is 5.69 Å². The van der Waals surface area contributed by atoms with Crippen LogP contribution in [0.15, 0.2) is 24.3 Å². The number of ether oxygens (including phenoxy) is 1. The number of piperidine rings is 1. The third-order valence-corrected chi connectivity index (χ3v) is 5.93. The molecule has 1 amide bonds. The molecule has 0 aromatic heterocycles. The zero-order valence-electron chi connectivity index (χ0n) is 13.8. The maximum absolute atomic E-state index is 12.4. The van der Waals surface area contributed by atoms with Crippen LogP contribution in [0, 0.1) is 5.92 Å². The number of benzene rings is 1. The molecule has 1 N–H and O–H groups in total. The molecule has 1 aliphatic heterocycles. The highest BCUT2D eigenvalue weighted by Gasteiger charge is 2.31. The summed E-state index contributed by atoms with van der Waals surface area (Å²) in [6.07, 6.45) is 1.32. The summed E-state index contributed by atoms with van der Waals surface area (Å²) < 4.78 is 29.9. The fourth-order valence-corrected chi connectivity index (χ4v) is 3.82. The van der Waals surface area contributed by atoms with Crippen molar-refractivity contribution in [2.24, 2.45) is 5.92 Å². The lowest BCUT2D eigenvalue weighted by atomic mass is 9.98. The first-order valence-corrected chi connectivity index (χ1v) is 9.45. The molecule has 0 radical (unpaired) electrons. The Kier molecular flexibility index (Phi) is 5.95. The van der Waals surface area contributed by atoms with Gasteiger partial charge in [0, 0.05) is 18.8 Å². The van der Waals surface area contributed by atoms with Gasteiger partial charge in [0.1, 0.15) is 0 Å². The Hall–Kier alpha value is -1.93. The lowest BCUT2D eigenvalue weighted by molar-refractivity contribution is -0.120. The number of methoxy groups -OCH3 is 1. The lowest BCUT2D eigenvalue weighted by Gasteiger charge is -2.30. The number of sulfonamides is 1. The van der Waals surface area contributed by atoms with E-state index < -0.39 is 16.0 Å². The molecule has 1 aromatic carbocycles. The number of amides is 1. The van der Waals surface area contributed by atoms with E-state index in [0.717, 1.165) is 0 Å². The van der Waals surface area contributed by atoms with Gasteiger partial charge in [-0.15, -0.1) is 0 Å². The van der Waals surface area contributed by atoms with Gasteiger partial charge in [0.2, 0.25) is 15.9 Å². The highest BCUT2D eigenvalue weighted by molar-refractivity contribution is 7.89. The van der Waals surface area contributed by atoms with E-state index in [1.54, 1.807) is 31.2 Å². The number of rotatable bonds is 5. The van der Waals surface area contributed by atoms with Gasteiger partial charge >= 0.3 is 5.97 Å². The molecule has 8 heteroatoms. The highest BCUT2D eigenvalue weighted by Crippen LogP contribution is 2.21. The largest absolute Gasteiger partial charge is 0.465 e. The first-order valence-electron chi connectivity index (χ1n) is 7.84. The number of nitrogens with zero attached hydrogens (tertiary/aromatic N) is 1. The van der Waals surface area contributed by atoms with Gasteiger partial charge in [-0.3, -0.25) is 4.79 Å². The summed E-state index contributed by atoms with van der Waals surface area (Å²) in [6.45, 7) is 2.28. The number of carbonyl (C=O) groups is 2. The summed E-state index contributed by atoms with van der Waals surface area (Å²) in [4.78, 5) is 23.8. The Labute approximate surface area is 142 Å². The third-order valence-electron chi connectivity index (χ3n) is 4.09. The van der Waals surface area contributed by atoms with Gasteiger partial charge in [-0.05, 0) is 44.0 Å². The van der Waals surface area contributed by atoms with E-state index in [1.165, 1.54) is 11.4 Å². The Morgan fingerprint density at radius 3 is 2.54 bits per heavy atom. The first kappa shape index (κ1) is 18.4. The molecule has 0 unspecified atom stereocenters. The van der Waals surface area contributed by atoms with Crippen LogP contribution in [0.2, 0.25) is 0 Å². The number of nitrogens with one attached hydrogen (secondary N) is 1. The fourth-order valence-electron chi connectivity index (χ4n) is 2.64. The van der Waals surface area contributed by atoms with Crippen LogP contribution in [0.1, 0.15) is 30.1 Å². The van der Waals surface area contributed by atoms with Crippen molar-refractivity contribution in [3.8, 4) is 0 Å². The molecule has 1 aromatic rings. The SMILES string of the molecule is CCS(=O)(=O)N1CCC[C@H](C(=O)Nc2ccc(C(=O)OC)cc2)C1. The molecule has 0 spiro atoms. The molecule has 0 saturated carbocycles. The fraction of sp³-hybridized carbons (Fsp3) is 0.500. The standard InChI is InChI=1S/C16H22N2O5S/c1-3-24(21,22)18-10-4-5-13(11-18)15(19)17-14-8-6-12(7-9-14)16(20)23-2/h6-9,13H,3-5,10-11H2,1-2H3,(H,17,19)/t13-/m0/s1. The van der Waals surface area contributed by atoms with Crippen LogP contribution in [-0.2, 0) is 19.6 Å². The van der Waals surface area contributed by atoms with Crippen molar-refractivity contribution in [2.45, 2.75) is 19.8 Å². The molecule has 7 nitrogen and oxygen atoms in total. The predicted octanol–water partition coefficient (Wildman–Crippen LogP) is 1.47. The van der Waals surface area contributed by atoms with Crippen molar-refractivity contribution in [1.82, 2.24) is 4.31 Å². The molecule has 1 atom stereocenters. The summed E-state index contributed by atoms with van der Waals surface area (Å²) in [6, 6.07) is 6.37. The van der Waals surface area contributed by atoms with Crippen LogP contribution in [0.5, 0.6) is 0 Å². The molecule has 1 saturated heterocycles. The average Bonchev–Trinajstić information content (AvgIpc) is 2.61. The number of hydrogen-bond acceptors (Lipinski definition) is 5. The van der Waals surface area contributed by atoms with Crippen molar-refractivity contribution >= 4 is 27.6 Å². The molecule has 24 heavy (non-hydrogen) atoms. The van der Waals surface area contributed by atoms with E-state index in [0.29, 0.717) is 30.6 Å². The number of carbonyl (C=O) groups excluding carboxylic acids is 2. The zero-order valence-corrected chi connectivity index (χ0v) is 14.6.